The lowest BCUT2D eigenvalue weighted by molar-refractivity contribution is -0.119. The van der Waals surface area contributed by atoms with Gasteiger partial charge in [-0.05, 0) is 48.4 Å². The average Bonchev–Trinajstić information content (AvgIpc) is 2.51. The van der Waals surface area contributed by atoms with Crippen molar-refractivity contribution in [3.8, 4) is 11.5 Å². The fourth-order valence-corrected chi connectivity index (χ4v) is 2.25. The van der Waals surface area contributed by atoms with E-state index in [-0.39, 0.29) is 23.3 Å². The molecule has 23 heavy (non-hydrogen) atoms. The molecular formula is C18H22N2O3. The molecule has 2 aromatic carbocycles. The van der Waals surface area contributed by atoms with Crippen molar-refractivity contribution in [2.75, 3.05) is 24.3 Å². The van der Waals surface area contributed by atoms with Crippen LogP contribution in [0.2, 0.25) is 0 Å². The number of aromatic hydroxyl groups is 2. The first-order valence-electron chi connectivity index (χ1n) is 7.46. The van der Waals surface area contributed by atoms with E-state index >= 15 is 0 Å². The predicted molar refractivity (Wildman–Crippen MR) is 92.0 cm³/mol. The van der Waals surface area contributed by atoms with Crippen molar-refractivity contribution in [1.82, 2.24) is 0 Å². The van der Waals surface area contributed by atoms with Crippen molar-refractivity contribution >= 4 is 17.3 Å². The zero-order valence-electron chi connectivity index (χ0n) is 13.6. The van der Waals surface area contributed by atoms with E-state index in [2.05, 4.69) is 5.32 Å². The number of phenolic OH excluding ortho intramolecular Hbond substituents is 2. The summed E-state index contributed by atoms with van der Waals surface area (Å²) in [5.41, 5.74) is 2.61. The molecule has 0 heterocycles. The highest BCUT2D eigenvalue weighted by Gasteiger charge is 2.14. The Labute approximate surface area is 136 Å². The minimum Gasteiger partial charge on any atom is -0.504 e. The Morgan fingerprint density at radius 2 is 1.74 bits per heavy atom. The molecule has 3 N–H and O–H groups in total. The Bertz CT molecular complexity index is 681. The second kappa shape index (κ2) is 7.05. The first-order chi connectivity index (χ1) is 10.9. The van der Waals surface area contributed by atoms with Crippen molar-refractivity contribution in [3.63, 3.8) is 0 Å². The lowest BCUT2D eigenvalue weighted by Gasteiger charge is -2.15. The fourth-order valence-electron chi connectivity index (χ4n) is 2.25. The molecule has 1 atom stereocenters. The average molecular weight is 314 g/mol. The van der Waals surface area contributed by atoms with Crippen LogP contribution in [0.15, 0.2) is 42.5 Å². The van der Waals surface area contributed by atoms with Gasteiger partial charge in [0.15, 0.2) is 11.5 Å². The van der Waals surface area contributed by atoms with Gasteiger partial charge in [0, 0.05) is 31.4 Å². The van der Waals surface area contributed by atoms with Gasteiger partial charge in [-0.15, -0.1) is 0 Å². The molecule has 0 aromatic heterocycles. The third kappa shape index (κ3) is 4.39. The highest BCUT2D eigenvalue weighted by molar-refractivity contribution is 5.92. The molecule has 1 unspecified atom stereocenters. The molecule has 0 radical (unpaired) electrons. The Morgan fingerprint density at radius 1 is 1.09 bits per heavy atom. The monoisotopic (exact) mass is 314 g/mol. The summed E-state index contributed by atoms with van der Waals surface area (Å²) in [6.07, 6.45) is 0.482. The van der Waals surface area contributed by atoms with Crippen LogP contribution in [-0.2, 0) is 11.2 Å². The normalized spacial score (nSPS) is 11.8. The molecule has 0 aliphatic heterocycles. The SMILES string of the molecule is CC(Cc1ccc(O)c(O)c1)C(=O)Nc1ccc(N(C)C)cc1. The zero-order chi connectivity index (χ0) is 17.0. The maximum Gasteiger partial charge on any atom is 0.227 e. The van der Waals surface area contributed by atoms with Gasteiger partial charge >= 0.3 is 0 Å². The summed E-state index contributed by atoms with van der Waals surface area (Å²) >= 11 is 0. The van der Waals surface area contributed by atoms with Crippen LogP contribution >= 0.6 is 0 Å². The second-order valence-corrected chi connectivity index (χ2v) is 5.86. The van der Waals surface area contributed by atoms with E-state index in [1.165, 1.54) is 12.1 Å². The molecule has 0 saturated carbocycles. The summed E-state index contributed by atoms with van der Waals surface area (Å²) in [6, 6.07) is 12.2. The number of amides is 1. The molecule has 2 rings (SSSR count). The minimum absolute atomic E-state index is 0.0878. The number of nitrogens with zero attached hydrogens (tertiary/aromatic N) is 1. The Kier molecular flexibility index (Phi) is 5.11. The number of hydrogen-bond donors (Lipinski definition) is 3. The molecule has 1 amide bonds. The summed E-state index contributed by atoms with van der Waals surface area (Å²) in [4.78, 5) is 14.2. The van der Waals surface area contributed by atoms with Gasteiger partial charge < -0.3 is 20.4 Å². The second-order valence-electron chi connectivity index (χ2n) is 5.86. The van der Waals surface area contributed by atoms with Crippen LogP contribution in [-0.4, -0.2) is 30.2 Å². The molecule has 0 aliphatic rings. The summed E-state index contributed by atoms with van der Waals surface area (Å²) in [6.45, 7) is 1.83. The number of benzene rings is 2. The van der Waals surface area contributed by atoms with E-state index in [1.807, 2.05) is 50.2 Å². The Balaban J connectivity index is 1.97. The lowest BCUT2D eigenvalue weighted by atomic mass is 10.00. The predicted octanol–water partition coefficient (Wildman–Crippen LogP) is 2.98. The number of hydrogen-bond acceptors (Lipinski definition) is 4. The van der Waals surface area contributed by atoms with Crippen molar-refractivity contribution in [2.24, 2.45) is 5.92 Å². The molecule has 122 valence electrons. The number of rotatable bonds is 5. The fraction of sp³-hybridized carbons (Fsp3) is 0.278. The summed E-state index contributed by atoms with van der Waals surface area (Å²) < 4.78 is 0. The van der Waals surface area contributed by atoms with E-state index in [0.717, 1.165) is 16.9 Å². The van der Waals surface area contributed by atoms with Crippen LogP contribution in [0, 0.1) is 5.92 Å². The molecule has 0 fully saturated rings. The third-order valence-corrected chi connectivity index (χ3v) is 3.68. The zero-order valence-corrected chi connectivity index (χ0v) is 13.6. The number of phenols is 2. The minimum atomic E-state index is -0.257. The summed E-state index contributed by atoms with van der Waals surface area (Å²) in [5, 5.41) is 21.7. The van der Waals surface area contributed by atoms with Crippen LogP contribution in [0.5, 0.6) is 11.5 Å². The number of carbonyl (C=O) groups excluding carboxylic acids is 1. The molecule has 5 heteroatoms. The lowest BCUT2D eigenvalue weighted by Crippen LogP contribution is -2.22. The van der Waals surface area contributed by atoms with Gasteiger partial charge in [-0.1, -0.05) is 13.0 Å². The van der Waals surface area contributed by atoms with Gasteiger partial charge in [0.2, 0.25) is 5.91 Å². The smallest absolute Gasteiger partial charge is 0.227 e. The molecular weight excluding hydrogens is 292 g/mol. The Hall–Kier alpha value is -2.69. The van der Waals surface area contributed by atoms with E-state index < -0.39 is 0 Å². The number of anilines is 2. The first kappa shape index (κ1) is 16.7. The van der Waals surface area contributed by atoms with Crippen molar-refractivity contribution in [3.05, 3.63) is 48.0 Å². The molecule has 0 saturated heterocycles. The first-order valence-corrected chi connectivity index (χ1v) is 7.46. The highest BCUT2D eigenvalue weighted by atomic mass is 16.3. The number of carbonyl (C=O) groups is 1. The largest absolute Gasteiger partial charge is 0.504 e. The van der Waals surface area contributed by atoms with Crippen molar-refractivity contribution in [2.45, 2.75) is 13.3 Å². The summed E-state index contributed by atoms with van der Waals surface area (Å²) in [7, 11) is 3.92. The van der Waals surface area contributed by atoms with Gasteiger partial charge in [-0.2, -0.15) is 0 Å². The summed E-state index contributed by atoms with van der Waals surface area (Å²) in [5.74, 6) is -0.677. The van der Waals surface area contributed by atoms with Gasteiger partial charge in [-0.25, -0.2) is 0 Å². The topological polar surface area (TPSA) is 72.8 Å². The van der Waals surface area contributed by atoms with E-state index in [0.29, 0.717) is 6.42 Å². The molecule has 0 aliphatic carbocycles. The molecule has 5 nitrogen and oxygen atoms in total. The van der Waals surface area contributed by atoms with Crippen LogP contribution in [0.1, 0.15) is 12.5 Å². The van der Waals surface area contributed by atoms with Gasteiger partial charge in [-0.3, -0.25) is 4.79 Å². The van der Waals surface area contributed by atoms with Crippen LogP contribution in [0.4, 0.5) is 11.4 Å². The standard InChI is InChI=1S/C18H22N2O3/c1-12(10-13-4-9-16(21)17(22)11-13)18(23)19-14-5-7-15(8-6-14)20(2)3/h4-9,11-12,21-22H,10H2,1-3H3,(H,19,23). The van der Waals surface area contributed by atoms with Gasteiger partial charge in [0.1, 0.15) is 0 Å². The van der Waals surface area contributed by atoms with Crippen LogP contribution in [0.25, 0.3) is 0 Å². The van der Waals surface area contributed by atoms with Crippen molar-refractivity contribution in [1.29, 1.82) is 0 Å². The third-order valence-electron chi connectivity index (χ3n) is 3.68. The maximum atomic E-state index is 12.3. The van der Waals surface area contributed by atoms with E-state index in [9.17, 15) is 15.0 Å². The van der Waals surface area contributed by atoms with Gasteiger partial charge in [0.05, 0.1) is 0 Å². The van der Waals surface area contributed by atoms with E-state index in [4.69, 9.17) is 0 Å². The number of nitrogens with one attached hydrogen (secondary N) is 1. The van der Waals surface area contributed by atoms with Crippen LogP contribution in [0.3, 0.4) is 0 Å². The van der Waals surface area contributed by atoms with Gasteiger partial charge in [0.25, 0.3) is 0 Å². The highest BCUT2D eigenvalue weighted by Crippen LogP contribution is 2.26. The molecule has 2 aromatic rings. The molecule has 0 spiro atoms. The Morgan fingerprint density at radius 3 is 2.30 bits per heavy atom. The quantitative estimate of drug-likeness (QED) is 0.742. The van der Waals surface area contributed by atoms with Crippen LogP contribution < -0.4 is 10.2 Å². The van der Waals surface area contributed by atoms with Crippen molar-refractivity contribution < 1.29 is 15.0 Å². The maximum absolute atomic E-state index is 12.3. The molecule has 0 bridgehead atoms. The van der Waals surface area contributed by atoms with E-state index in [1.54, 1.807) is 6.07 Å².